The maximum Gasteiger partial charge on any atom is 0.211 e. The molecule has 1 aliphatic heterocycles. The summed E-state index contributed by atoms with van der Waals surface area (Å²) >= 11 is 0. The number of ketones is 1. The Morgan fingerprint density at radius 3 is 2.44 bits per heavy atom. The molecule has 2 rings (SSSR count). The normalized spacial score (nSPS) is 22.4. The highest BCUT2D eigenvalue weighted by atomic mass is 16.7. The van der Waals surface area contributed by atoms with Crippen LogP contribution in [-0.4, -0.2) is 17.1 Å². The molecule has 0 radical (unpaired) electrons. The van der Waals surface area contributed by atoms with Gasteiger partial charge in [-0.2, -0.15) is 0 Å². The molecule has 0 aromatic heterocycles. The van der Waals surface area contributed by atoms with Gasteiger partial charge in [0.2, 0.25) is 5.78 Å². The first-order chi connectivity index (χ1) is 7.52. The lowest BCUT2D eigenvalue weighted by Gasteiger charge is -2.20. The standard InChI is InChI=1S/C13H15NO2/c1-9-11(14-16-13(9,2)3)12(15)10-7-5-4-6-8-10/h4-9H,1-3H3. The summed E-state index contributed by atoms with van der Waals surface area (Å²) in [6.07, 6.45) is 0. The molecule has 3 heteroatoms. The van der Waals surface area contributed by atoms with Gasteiger partial charge >= 0.3 is 0 Å². The number of hydrogen-bond acceptors (Lipinski definition) is 3. The van der Waals surface area contributed by atoms with Crippen molar-refractivity contribution in [3.63, 3.8) is 0 Å². The van der Waals surface area contributed by atoms with E-state index in [0.29, 0.717) is 11.3 Å². The molecular formula is C13H15NO2. The van der Waals surface area contributed by atoms with E-state index < -0.39 is 0 Å². The smallest absolute Gasteiger partial charge is 0.211 e. The maximum absolute atomic E-state index is 12.1. The molecular weight excluding hydrogens is 202 g/mol. The number of benzene rings is 1. The molecule has 1 unspecified atom stereocenters. The Bertz CT molecular complexity index is 435. The van der Waals surface area contributed by atoms with Crippen LogP contribution in [0.5, 0.6) is 0 Å². The highest BCUT2D eigenvalue weighted by Crippen LogP contribution is 2.30. The Balaban J connectivity index is 2.26. The third-order valence-electron chi connectivity index (χ3n) is 3.10. The van der Waals surface area contributed by atoms with Gasteiger partial charge in [0, 0.05) is 11.5 Å². The molecule has 0 bridgehead atoms. The Hall–Kier alpha value is -1.64. The van der Waals surface area contributed by atoms with Crippen LogP contribution in [0.25, 0.3) is 0 Å². The largest absolute Gasteiger partial charge is 0.389 e. The van der Waals surface area contributed by atoms with Gasteiger partial charge < -0.3 is 4.84 Å². The molecule has 0 aliphatic carbocycles. The summed E-state index contributed by atoms with van der Waals surface area (Å²) in [7, 11) is 0. The molecule has 0 amide bonds. The molecule has 1 aliphatic rings. The Kier molecular flexibility index (Phi) is 2.54. The predicted octanol–water partition coefficient (Wildman–Crippen LogP) is 2.67. The van der Waals surface area contributed by atoms with E-state index in [1.807, 2.05) is 39.0 Å². The Morgan fingerprint density at radius 2 is 1.94 bits per heavy atom. The third-order valence-corrected chi connectivity index (χ3v) is 3.10. The molecule has 0 fully saturated rings. The van der Waals surface area contributed by atoms with Crippen molar-refractivity contribution in [3.8, 4) is 0 Å². The highest BCUT2D eigenvalue weighted by molar-refractivity contribution is 6.46. The number of carbonyl (C=O) groups is 1. The van der Waals surface area contributed by atoms with Crippen LogP contribution >= 0.6 is 0 Å². The van der Waals surface area contributed by atoms with Crippen molar-refractivity contribution < 1.29 is 9.63 Å². The van der Waals surface area contributed by atoms with Gasteiger partial charge in [0.25, 0.3) is 0 Å². The molecule has 3 nitrogen and oxygen atoms in total. The number of oxime groups is 1. The summed E-state index contributed by atoms with van der Waals surface area (Å²) in [4.78, 5) is 17.4. The van der Waals surface area contributed by atoms with Crippen molar-refractivity contribution in [3.05, 3.63) is 35.9 Å². The predicted molar refractivity (Wildman–Crippen MR) is 62.5 cm³/mol. The van der Waals surface area contributed by atoms with E-state index in [4.69, 9.17) is 4.84 Å². The Morgan fingerprint density at radius 1 is 1.31 bits per heavy atom. The fourth-order valence-corrected chi connectivity index (χ4v) is 1.63. The van der Waals surface area contributed by atoms with Crippen LogP contribution in [-0.2, 0) is 4.84 Å². The lowest BCUT2D eigenvalue weighted by Crippen LogP contribution is -2.33. The zero-order chi connectivity index (χ0) is 11.8. The average Bonchev–Trinajstić information content (AvgIpc) is 2.55. The van der Waals surface area contributed by atoms with Gasteiger partial charge in [0.1, 0.15) is 11.3 Å². The van der Waals surface area contributed by atoms with Crippen LogP contribution in [0, 0.1) is 5.92 Å². The maximum atomic E-state index is 12.1. The summed E-state index contributed by atoms with van der Waals surface area (Å²) < 4.78 is 0. The fourth-order valence-electron chi connectivity index (χ4n) is 1.63. The van der Waals surface area contributed by atoms with Crippen LogP contribution in [0.1, 0.15) is 31.1 Å². The lowest BCUT2D eigenvalue weighted by atomic mass is 9.86. The first-order valence-electron chi connectivity index (χ1n) is 5.38. The van der Waals surface area contributed by atoms with Crippen LogP contribution < -0.4 is 0 Å². The van der Waals surface area contributed by atoms with E-state index in [9.17, 15) is 4.79 Å². The van der Waals surface area contributed by atoms with E-state index in [-0.39, 0.29) is 17.3 Å². The van der Waals surface area contributed by atoms with Crippen LogP contribution in [0.3, 0.4) is 0 Å². The van der Waals surface area contributed by atoms with E-state index >= 15 is 0 Å². The molecule has 0 N–H and O–H groups in total. The summed E-state index contributed by atoms with van der Waals surface area (Å²) in [5, 5.41) is 3.91. The van der Waals surface area contributed by atoms with E-state index in [1.54, 1.807) is 12.1 Å². The van der Waals surface area contributed by atoms with Gasteiger partial charge in [-0.1, -0.05) is 42.4 Å². The van der Waals surface area contributed by atoms with Crippen LogP contribution in [0.4, 0.5) is 0 Å². The van der Waals surface area contributed by atoms with E-state index in [2.05, 4.69) is 5.16 Å². The van der Waals surface area contributed by atoms with Gasteiger partial charge in [0.05, 0.1) is 0 Å². The molecule has 1 aromatic carbocycles. The second-order valence-corrected chi connectivity index (χ2v) is 4.59. The number of nitrogens with zero attached hydrogens (tertiary/aromatic N) is 1. The summed E-state index contributed by atoms with van der Waals surface area (Å²) in [5.41, 5.74) is 0.783. The zero-order valence-corrected chi connectivity index (χ0v) is 9.73. The van der Waals surface area contributed by atoms with Crippen molar-refractivity contribution in [1.29, 1.82) is 0 Å². The second kappa shape index (κ2) is 3.74. The SMILES string of the molecule is CC1C(C(=O)c2ccccc2)=NOC1(C)C. The van der Waals surface area contributed by atoms with Crippen molar-refractivity contribution in [2.24, 2.45) is 11.1 Å². The van der Waals surface area contributed by atoms with E-state index in [0.717, 1.165) is 0 Å². The number of Topliss-reactive ketones (excluding diaryl/α,β-unsaturated/α-hetero) is 1. The zero-order valence-electron chi connectivity index (χ0n) is 9.73. The first kappa shape index (κ1) is 10.9. The molecule has 84 valence electrons. The summed E-state index contributed by atoms with van der Waals surface area (Å²) in [5.74, 6) is -0.0288. The molecule has 0 saturated carbocycles. The quantitative estimate of drug-likeness (QED) is 0.714. The lowest BCUT2D eigenvalue weighted by molar-refractivity contribution is -0.0102. The molecule has 1 heterocycles. The molecule has 1 atom stereocenters. The van der Waals surface area contributed by atoms with Gasteiger partial charge in [-0.15, -0.1) is 0 Å². The highest BCUT2D eigenvalue weighted by Gasteiger charge is 2.40. The van der Waals surface area contributed by atoms with Gasteiger partial charge in [-0.25, -0.2) is 0 Å². The number of rotatable bonds is 2. The van der Waals surface area contributed by atoms with Crippen molar-refractivity contribution in [2.45, 2.75) is 26.4 Å². The number of hydrogen-bond donors (Lipinski definition) is 0. The van der Waals surface area contributed by atoms with Crippen molar-refractivity contribution >= 4 is 11.5 Å². The summed E-state index contributed by atoms with van der Waals surface area (Å²) in [6, 6.07) is 9.17. The van der Waals surface area contributed by atoms with Crippen LogP contribution in [0.2, 0.25) is 0 Å². The average molecular weight is 217 g/mol. The molecule has 1 aromatic rings. The minimum atomic E-state index is -0.389. The molecule has 0 spiro atoms. The van der Waals surface area contributed by atoms with Crippen molar-refractivity contribution in [2.75, 3.05) is 0 Å². The van der Waals surface area contributed by atoms with E-state index in [1.165, 1.54) is 0 Å². The topological polar surface area (TPSA) is 38.7 Å². The first-order valence-corrected chi connectivity index (χ1v) is 5.38. The molecule has 16 heavy (non-hydrogen) atoms. The van der Waals surface area contributed by atoms with Gasteiger partial charge in [0.15, 0.2) is 0 Å². The third kappa shape index (κ3) is 1.73. The Labute approximate surface area is 95.1 Å². The van der Waals surface area contributed by atoms with Gasteiger partial charge in [-0.3, -0.25) is 4.79 Å². The van der Waals surface area contributed by atoms with Gasteiger partial charge in [-0.05, 0) is 13.8 Å². The molecule has 0 saturated heterocycles. The van der Waals surface area contributed by atoms with Crippen molar-refractivity contribution in [1.82, 2.24) is 0 Å². The fraction of sp³-hybridized carbons (Fsp3) is 0.385. The second-order valence-electron chi connectivity index (χ2n) is 4.59. The number of carbonyl (C=O) groups excluding carboxylic acids is 1. The minimum Gasteiger partial charge on any atom is -0.389 e. The minimum absolute atomic E-state index is 0.0141. The monoisotopic (exact) mass is 217 g/mol. The summed E-state index contributed by atoms with van der Waals surface area (Å²) in [6.45, 7) is 5.84. The van der Waals surface area contributed by atoms with Crippen LogP contribution in [0.15, 0.2) is 35.5 Å².